The molecule has 0 aliphatic heterocycles. The van der Waals surface area contributed by atoms with E-state index in [2.05, 4.69) is 58.4 Å². The minimum absolute atomic E-state index is 0.453. The first-order valence-corrected chi connectivity index (χ1v) is 8.68. The smallest absolute Gasteiger partial charge is 0.191 e. The van der Waals surface area contributed by atoms with Gasteiger partial charge in [-0.25, -0.2) is 0 Å². The first kappa shape index (κ1) is 17.3. The Hall–Kier alpha value is -2.01. The van der Waals surface area contributed by atoms with Crippen LogP contribution in [0.15, 0.2) is 40.0 Å². The maximum atomic E-state index is 5.44. The highest BCUT2D eigenvalue weighted by molar-refractivity contribution is 7.07. The largest absolute Gasteiger partial charge is 0.496 e. The summed E-state index contributed by atoms with van der Waals surface area (Å²) in [6.07, 6.45) is 0. The molecule has 0 saturated heterocycles. The van der Waals surface area contributed by atoms with Gasteiger partial charge in [0.25, 0.3) is 0 Å². The van der Waals surface area contributed by atoms with E-state index in [1.54, 1.807) is 25.5 Å². The summed E-state index contributed by atoms with van der Waals surface area (Å²) in [5, 5.41) is 11.0. The summed E-state index contributed by atoms with van der Waals surface area (Å²) in [7, 11) is 3.49. The molecule has 23 heavy (non-hydrogen) atoms. The van der Waals surface area contributed by atoms with Crippen LogP contribution in [0.5, 0.6) is 5.75 Å². The second kappa shape index (κ2) is 8.58. The maximum absolute atomic E-state index is 5.44. The summed E-state index contributed by atoms with van der Waals surface area (Å²) >= 11 is 1.73. The lowest BCUT2D eigenvalue weighted by atomic mass is 10.1. The third-order valence-electron chi connectivity index (χ3n) is 3.80. The summed E-state index contributed by atoms with van der Waals surface area (Å²) in [6, 6.07) is 8.40. The van der Waals surface area contributed by atoms with Crippen LogP contribution in [-0.2, 0) is 6.54 Å². The van der Waals surface area contributed by atoms with Gasteiger partial charge < -0.3 is 15.4 Å². The van der Waals surface area contributed by atoms with Gasteiger partial charge in [0.05, 0.1) is 7.11 Å². The summed E-state index contributed by atoms with van der Waals surface area (Å²) in [4.78, 5) is 4.29. The molecule has 0 amide bonds. The second-order valence-electron chi connectivity index (χ2n) is 5.58. The number of nitrogens with zero attached hydrogens (tertiary/aromatic N) is 1. The number of benzene rings is 1. The molecule has 0 aliphatic carbocycles. The van der Waals surface area contributed by atoms with Crippen LogP contribution < -0.4 is 15.4 Å². The van der Waals surface area contributed by atoms with E-state index in [1.807, 2.05) is 6.07 Å². The zero-order valence-corrected chi connectivity index (χ0v) is 15.0. The topological polar surface area (TPSA) is 45.7 Å². The lowest BCUT2D eigenvalue weighted by Gasteiger charge is -2.16. The molecule has 0 radical (unpaired) electrons. The molecule has 124 valence electrons. The van der Waals surface area contributed by atoms with Gasteiger partial charge in [0.1, 0.15) is 5.75 Å². The highest BCUT2D eigenvalue weighted by atomic mass is 32.1. The van der Waals surface area contributed by atoms with Gasteiger partial charge in [-0.3, -0.25) is 4.99 Å². The van der Waals surface area contributed by atoms with Gasteiger partial charge in [0.15, 0.2) is 5.96 Å². The number of nitrogens with one attached hydrogen (secondary N) is 2. The second-order valence-corrected chi connectivity index (χ2v) is 6.36. The highest BCUT2D eigenvalue weighted by Crippen LogP contribution is 2.19. The SMILES string of the molecule is CN=C(NCc1ccc(C)cc1OC)NCC(C)c1ccsc1. The van der Waals surface area contributed by atoms with E-state index in [0.29, 0.717) is 12.5 Å². The van der Waals surface area contributed by atoms with Gasteiger partial charge in [-0.2, -0.15) is 11.3 Å². The van der Waals surface area contributed by atoms with E-state index in [0.717, 1.165) is 23.8 Å². The van der Waals surface area contributed by atoms with E-state index in [1.165, 1.54) is 11.1 Å². The third kappa shape index (κ3) is 4.99. The van der Waals surface area contributed by atoms with Crippen LogP contribution in [0.2, 0.25) is 0 Å². The Morgan fingerprint density at radius 2 is 2.13 bits per heavy atom. The molecular weight excluding hydrogens is 306 g/mol. The van der Waals surface area contributed by atoms with Crippen molar-refractivity contribution >= 4 is 17.3 Å². The first-order valence-electron chi connectivity index (χ1n) is 7.74. The van der Waals surface area contributed by atoms with Crippen molar-refractivity contribution in [2.75, 3.05) is 20.7 Å². The van der Waals surface area contributed by atoms with Crippen LogP contribution >= 0.6 is 11.3 Å². The molecule has 0 saturated carbocycles. The van der Waals surface area contributed by atoms with Crippen molar-refractivity contribution < 1.29 is 4.74 Å². The predicted molar refractivity (Wildman–Crippen MR) is 98.7 cm³/mol. The Kier molecular flexibility index (Phi) is 6.47. The van der Waals surface area contributed by atoms with Gasteiger partial charge in [0, 0.05) is 25.7 Å². The molecule has 5 heteroatoms. The number of aliphatic imine (C=N–C) groups is 1. The fourth-order valence-electron chi connectivity index (χ4n) is 2.32. The summed E-state index contributed by atoms with van der Waals surface area (Å²) in [5.74, 6) is 2.16. The quantitative estimate of drug-likeness (QED) is 0.629. The number of guanidine groups is 1. The summed E-state index contributed by atoms with van der Waals surface area (Å²) in [6.45, 7) is 5.80. The Balaban J connectivity index is 1.88. The fraction of sp³-hybridized carbons (Fsp3) is 0.389. The number of hydrogen-bond donors (Lipinski definition) is 2. The molecule has 0 aliphatic rings. The van der Waals surface area contributed by atoms with Crippen molar-refractivity contribution in [1.29, 1.82) is 0 Å². The zero-order valence-electron chi connectivity index (χ0n) is 14.2. The molecule has 1 unspecified atom stereocenters. The molecule has 2 aromatic rings. The monoisotopic (exact) mass is 331 g/mol. The van der Waals surface area contributed by atoms with Crippen LogP contribution in [-0.4, -0.2) is 26.7 Å². The molecule has 1 aromatic carbocycles. The lowest BCUT2D eigenvalue weighted by Crippen LogP contribution is -2.38. The maximum Gasteiger partial charge on any atom is 0.191 e. The molecule has 1 atom stereocenters. The normalized spacial score (nSPS) is 12.8. The van der Waals surface area contributed by atoms with Crippen molar-refractivity contribution in [2.24, 2.45) is 4.99 Å². The van der Waals surface area contributed by atoms with Gasteiger partial charge in [-0.05, 0) is 46.9 Å². The molecular formula is C18H25N3OS. The molecule has 4 nitrogen and oxygen atoms in total. The summed E-state index contributed by atoms with van der Waals surface area (Å²) in [5.41, 5.74) is 3.67. The van der Waals surface area contributed by atoms with Gasteiger partial charge in [-0.1, -0.05) is 19.1 Å². The predicted octanol–water partition coefficient (Wildman–Crippen LogP) is 3.53. The molecule has 0 bridgehead atoms. The van der Waals surface area contributed by atoms with E-state index >= 15 is 0 Å². The van der Waals surface area contributed by atoms with Gasteiger partial charge in [-0.15, -0.1) is 0 Å². The molecule has 0 spiro atoms. The number of methoxy groups -OCH3 is 1. The fourth-order valence-corrected chi connectivity index (χ4v) is 3.10. The minimum atomic E-state index is 0.453. The molecule has 2 rings (SSSR count). The lowest BCUT2D eigenvalue weighted by molar-refractivity contribution is 0.408. The van der Waals surface area contributed by atoms with E-state index in [9.17, 15) is 0 Å². The number of rotatable bonds is 6. The van der Waals surface area contributed by atoms with Crippen LogP contribution in [0.1, 0.15) is 29.5 Å². The molecule has 0 fully saturated rings. The number of ether oxygens (including phenoxy) is 1. The third-order valence-corrected chi connectivity index (χ3v) is 4.50. The van der Waals surface area contributed by atoms with Crippen LogP contribution in [0.25, 0.3) is 0 Å². The van der Waals surface area contributed by atoms with E-state index < -0.39 is 0 Å². The Morgan fingerprint density at radius 3 is 2.78 bits per heavy atom. The van der Waals surface area contributed by atoms with Gasteiger partial charge in [0.2, 0.25) is 0 Å². The Bertz CT molecular complexity index is 638. The van der Waals surface area contributed by atoms with E-state index in [4.69, 9.17) is 4.74 Å². The van der Waals surface area contributed by atoms with Crippen molar-refractivity contribution in [3.63, 3.8) is 0 Å². The van der Waals surface area contributed by atoms with Crippen molar-refractivity contribution in [3.05, 3.63) is 51.7 Å². The van der Waals surface area contributed by atoms with Crippen molar-refractivity contribution in [2.45, 2.75) is 26.3 Å². The number of aryl methyl sites for hydroxylation is 1. The van der Waals surface area contributed by atoms with Crippen LogP contribution in [0.3, 0.4) is 0 Å². The average molecular weight is 331 g/mol. The minimum Gasteiger partial charge on any atom is -0.496 e. The highest BCUT2D eigenvalue weighted by Gasteiger charge is 2.08. The number of hydrogen-bond acceptors (Lipinski definition) is 3. The molecule has 1 aromatic heterocycles. The Labute approximate surface area is 142 Å². The molecule has 2 N–H and O–H groups in total. The average Bonchev–Trinajstić information content (AvgIpc) is 3.10. The zero-order chi connectivity index (χ0) is 16.7. The first-order chi connectivity index (χ1) is 11.1. The van der Waals surface area contributed by atoms with Crippen molar-refractivity contribution in [3.8, 4) is 5.75 Å². The summed E-state index contributed by atoms with van der Waals surface area (Å²) < 4.78 is 5.44. The Morgan fingerprint density at radius 1 is 1.30 bits per heavy atom. The van der Waals surface area contributed by atoms with Crippen LogP contribution in [0, 0.1) is 6.92 Å². The number of thiophene rings is 1. The van der Waals surface area contributed by atoms with E-state index in [-0.39, 0.29) is 0 Å². The molecule has 1 heterocycles. The van der Waals surface area contributed by atoms with Crippen molar-refractivity contribution in [1.82, 2.24) is 10.6 Å². The van der Waals surface area contributed by atoms with Crippen LogP contribution in [0.4, 0.5) is 0 Å². The van der Waals surface area contributed by atoms with Gasteiger partial charge >= 0.3 is 0 Å². The standard InChI is InChI=1S/C18H25N3OS/c1-13-5-6-15(17(9-13)22-4)11-21-18(19-3)20-10-14(2)16-7-8-23-12-16/h5-9,12,14H,10-11H2,1-4H3,(H2,19,20,21).